The lowest BCUT2D eigenvalue weighted by atomic mass is 10.1. The second-order valence-electron chi connectivity index (χ2n) is 2.47. The minimum Gasteiger partial charge on any atom is -0.505 e. The van der Waals surface area contributed by atoms with Crippen LogP contribution >= 0.6 is 15.9 Å². The van der Waals surface area contributed by atoms with Gasteiger partial charge in [-0.2, -0.15) is 5.26 Å². The van der Waals surface area contributed by atoms with E-state index >= 15 is 0 Å². The summed E-state index contributed by atoms with van der Waals surface area (Å²) in [6.07, 6.45) is -2.96. The summed E-state index contributed by atoms with van der Waals surface area (Å²) in [6.45, 7) is 0. The summed E-state index contributed by atoms with van der Waals surface area (Å²) in [5.41, 5.74) is -0.431. The van der Waals surface area contributed by atoms with Crippen molar-refractivity contribution in [1.82, 2.24) is 4.98 Å². The van der Waals surface area contributed by atoms with Gasteiger partial charge in [-0.25, -0.2) is 13.8 Å². The van der Waals surface area contributed by atoms with Crippen LogP contribution in [0, 0.1) is 11.3 Å². The summed E-state index contributed by atoms with van der Waals surface area (Å²) in [6, 6.07) is 2.64. The topological polar surface area (TPSA) is 56.9 Å². The van der Waals surface area contributed by atoms with E-state index in [9.17, 15) is 8.78 Å². The number of aromatic nitrogens is 1. The van der Waals surface area contributed by atoms with Crippen LogP contribution in [0.4, 0.5) is 8.78 Å². The lowest BCUT2D eigenvalue weighted by Gasteiger charge is -2.06. The molecule has 14 heavy (non-hydrogen) atoms. The van der Waals surface area contributed by atoms with Crippen molar-refractivity contribution in [2.75, 3.05) is 0 Å². The Hall–Kier alpha value is -1.22. The molecule has 0 aromatic carbocycles. The van der Waals surface area contributed by atoms with Gasteiger partial charge in [-0.1, -0.05) is 0 Å². The first-order chi connectivity index (χ1) is 6.56. The highest BCUT2D eigenvalue weighted by molar-refractivity contribution is 9.10. The van der Waals surface area contributed by atoms with Crippen LogP contribution in [0.1, 0.15) is 17.7 Å². The molecule has 0 atom stereocenters. The van der Waals surface area contributed by atoms with Crippen LogP contribution in [0.3, 0.4) is 0 Å². The van der Waals surface area contributed by atoms with E-state index in [4.69, 9.17) is 10.4 Å². The lowest BCUT2D eigenvalue weighted by molar-refractivity contribution is 0.149. The van der Waals surface area contributed by atoms with Gasteiger partial charge in [-0.05, 0) is 22.0 Å². The molecule has 1 rings (SSSR count). The minimum atomic E-state index is -2.75. The SMILES string of the molecule is N#CCc1nc(Br)c(O)cc1C(F)F. The van der Waals surface area contributed by atoms with Crippen LogP contribution < -0.4 is 0 Å². The number of nitrogens with zero attached hydrogens (tertiary/aromatic N) is 2. The molecule has 0 saturated heterocycles. The molecular formula is C8H5BrF2N2O. The smallest absolute Gasteiger partial charge is 0.265 e. The molecule has 3 nitrogen and oxygen atoms in total. The van der Waals surface area contributed by atoms with Gasteiger partial charge in [0.05, 0.1) is 18.2 Å². The van der Waals surface area contributed by atoms with Crippen LogP contribution in [-0.2, 0) is 6.42 Å². The Morgan fingerprint density at radius 1 is 1.64 bits per heavy atom. The maximum absolute atomic E-state index is 12.4. The molecule has 0 radical (unpaired) electrons. The third-order valence-corrected chi connectivity index (χ3v) is 2.14. The van der Waals surface area contributed by atoms with E-state index in [0.717, 1.165) is 6.07 Å². The predicted octanol–water partition coefficient (Wildman–Crippen LogP) is 2.55. The molecule has 0 aliphatic rings. The molecule has 0 saturated carbocycles. The zero-order valence-electron chi connectivity index (χ0n) is 6.84. The van der Waals surface area contributed by atoms with Gasteiger partial charge in [-0.15, -0.1) is 0 Å². The largest absolute Gasteiger partial charge is 0.505 e. The van der Waals surface area contributed by atoms with Crippen LogP contribution in [0.5, 0.6) is 5.75 Å². The Bertz CT molecular complexity index is 390. The number of hydrogen-bond acceptors (Lipinski definition) is 3. The van der Waals surface area contributed by atoms with Crippen LogP contribution in [0.2, 0.25) is 0 Å². The van der Waals surface area contributed by atoms with E-state index in [-0.39, 0.29) is 22.5 Å². The van der Waals surface area contributed by atoms with Gasteiger partial charge >= 0.3 is 0 Å². The average Bonchev–Trinajstić information content (AvgIpc) is 2.11. The molecular weight excluding hydrogens is 258 g/mol. The number of halogens is 3. The summed E-state index contributed by atoms with van der Waals surface area (Å²) in [4.78, 5) is 3.65. The summed E-state index contributed by atoms with van der Waals surface area (Å²) in [5, 5.41) is 17.5. The molecule has 1 N–H and O–H groups in total. The standard InChI is InChI=1S/C8H5BrF2N2O/c9-7-6(14)3-4(8(10)11)5(13-7)1-2-12/h3,8,14H,1H2. The molecule has 6 heteroatoms. The van der Waals surface area contributed by atoms with E-state index in [1.165, 1.54) is 0 Å². The molecule has 0 fully saturated rings. The fraction of sp³-hybridized carbons (Fsp3) is 0.250. The number of aromatic hydroxyl groups is 1. The van der Waals surface area contributed by atoms with Crippen LogP contribution in [-0.4, -0.2) is 10.1 Å². The third-order valence-electron chi connectivity index (χ3n) is 1.55. The van der Waals surface area contributed by atoms with Gasteiger partial charge in [0.25, 0.3) is 6.43 Å². The molecule has 0 bridgehead atoms. The summed E-state index contributed by atoms with van der Waals surface area (Å²) in [5.74, 6) is -0.359. The molecule has 1 aromatic rings. The molecule has 1 heterocycles. The van der Waals surface area contributed by atoms with E-state index in [1.807, 2.05) is 0 Å². The molecule has 1 aromatic heterocycles. The van der Waals surface area contributed by atoms with Gasteiger partial charge < -0.3 is 5.11 Å². The summed E-state index contributed by atoms with van der Waals surface area (Å²) in [7, 11) is 0. The Kier molecular flexibility index (Phi) is 3.36. The van der Waals surface area contributed by atoms with Crippen molar-refractivity contribution in [2.45, 2.75) is 12.8 Å². The van der Waals surface area contributed by atoms with Crippen LogP contribution in [0.25, 0.3) is 0 Å². The number of alkyl halides is 2. The van der Waals surface area contributed by atoms with Crippen molar-refractivity contribution in [2.24, 2.45) is 0 Å². The summed E-state index contributed by atoms with van der Waals surface area (Å²) < 4.78 is 24.8. The molecule has 0 amide bonds. The highest BCUT2D eigenvalue weighted by atomic mass is 79.9. The Labute approximate surface area is 87.1 Å². The van der Waals surface area contributed by atoms with Crippen molar-refractivity contribution in [3.8, 4) is 11.8 Å². The quantitative estimate of drug-likeness (QED) is 0.834. The third kappa shape index (κ3) is 2.17. The van der Waals surface area contributed by atoms with Crippen molar-refractivity contribution in [1.29, 1.82) is 5.26 Å². The Morgan fingerprint density at radius 3 is 2.79 bits per heavy atom. The Balaban J connectivity index is 3.25. The van der Waals surface area contributed by atoms with Crippen molar-refractivity contribution < 1.29 is 13.9 Å². The average molecular weight is 263 g/mol. The number of pyridine rings is 1. The molecule has 0 aliphatic heterocycles. The van der Waals surface area contributed by atoms with Gasteiger partial charge in [0.15, 0.2) is 0 Å². The second kappa shape index (κ2) is 4.33. The monoisotopic (exact) mass is 262 g/mol. The lowest BCUT2D eigenvalue weighted by Crippen LogP contribution is -1.98. The minimum absolute atomic E-state index is 0.0211. The number of nitriles is 1. The first kappa shape index (κ1) is 10.9. The van der Waals surface area contributed by atoms with E-state index < -0.39 is 12.0 Å². The van der Waals surface area contributed by atoms with Crippen molar-refractivity contribution >= 4 is 15.9 Å². The second-order valence-corrected chi connectivity index (χ2v) is 3.22. The van der Waals surface area contributed by atoms with Crippen molar-refractivity contribution in [3.63, 3.8) is 0 Å². The maximum atomic E-state index is 12.4. The normalized spacial score (nSPS) is 10.2. The first-order valence-corrected chi connectivity index (χ1v) is 4.39. The number of rotatable bonds is 2. The summed E-state index contributed by atoms with van der Waals surface area (Å²) >= 11 is 2.88. The van der Waals surface area contributed by atoms with Crippen LogP contribution in [0.15, 0.2) is 10.7 Å². The predicted molar refractivity (Wildman–Crippen MR) is 47.9 cm³/mol. The zero-order valence-corrected chi connectivity index (χ0v) is 8.42. The van der Waals surface area contributed by atoms with Gasteiger partial charge in [0.1, 0.15) is 10.4 Å². The molecule has 74 valence electrons. The van der Waals surface area contributed by atoms with Crippen molar-refractivity contribution in [3.05, 3.63) is 21.9 Å². The van der Waals surface area contributed by atoms with Gasteiger partial charge in [0, 0.05) is 5.56 Å². The van der Waals surface area contributed by atoms with Gasteiger partial charge in [0.2, 0.25) is 0 Å². The molecule has 0 aliphatic carbocycles. The fourth-order valence-corrected chi connectivity index (χ4v) is 1.26. The first-order valence-electron chi connectivity index (χ1n) is 3.59. The Morgan fingerprint density at radius 2 is 2.29 bits per heavy atom. The van der Waals surface area contributed by atoms with E-state index in [1.54, 1.807) is 6.07 Å². The maximum Gasteiger partial charge on any atom is 0.265 e. The van der Waals surface area contributed by atoms with E-state index in [2.05, 4.69) is 20.9 Å². The highest BCUT2D eigenvalue weighted by Crippen LogP contribution is 2.30. The molecule has 0 unspecified atom stereocenters. The zero-order chi connectivity index (χ0) is 10.7. The highest BCUT2D eigenvalue weighted by Gasteiger charge is 2.16. The van der Waals surface area contributed by atoms with E-state index in [0.29, 0.717) is 0 Å². The van der Waals surface area contributed by atoms with Gasteiger partial charge in [-0.3, -0.25) is 0 Å². The fourth-order valence-electron chi connectivity index (χ4n) is 0.936. The number of hydrogen-bond donors (Lipinski definition) is 1. The molecule has 0 spiro atoms.